The molecule has 1 aliphatic rings. The van der Waals surface area contributed by atoms with Gasteiger partial charge in [-0.15, -0.1) is 0 Å². The summed E-state index contributed by atoms with van der Waals surface area (Å²) in [6.07, 6.45) is 2.18. The number of carbonyl (C=O) groups excluding carboxylic acids is 1. The minimum absolute atomic E-state index is 0.140. The number of para-hydroxylation sites is 2. The summed E-state index contributed by atoms with van der Waals surface area (Å²) < 4.78 is 3.14. The van der Waals surface area contributed by atoms with E-state index in [1.54, 1.807) is 6.92 Å². The summed E-state index contributed by atoms with van der Waals surface area (Å²) in [4.78, 5) is 24.8. The van der Waals surface area contributed by atoms with E-state index >= 15 is 0 Å². The van der Waals surface area contributed by atoms with Crippen LogP contribution in [0.15, 0.2) is 29.1 Å². The van der Waals surface area contributed by atoms with Gasteiger partial charge in [0.15, 0.2) is 0 Å². The van der Waals surface area contributed by atoms with Gasteiger partial charge < -0.3 is 5.32 Å². The first-order valence-corrected chi connectivity index (χ1v) is 7.20. The van der Waals surface area contributed by atoms with Crippen LogP contribution in [0, 0.1) is 0 Å². The molecular formula is C15H19N3O2. The van der Waals surface area contributed by atoms with Crippen molar-refractivity contribution in [2.24, 2.45) is 0 Å². The average molecular weight is 273 g/mol. The quantitative estimate of drug-likeness (QED) is 0.907. The molecule has 0 atom stereocenters. The Hall–Kier alpha value is -1.88. The number of piperidine rings is 1. The van der Waals surface area contributed by atoms with Crippen molar-refractivity contribution in [2.45, 2.75) is 32.2 Å². The molecule has 5 heteroatoms. The molecule has 0 unspecified atom stereocenters. The Kier molecular flexibility index (Phi) is 3.44. The molecular weight excluding hydrogens is 254 g/mol. The van der Waals surface area contributed by atoms with Crippen molar-refractivity contribution < 1.29 is 4.79 Å². The van der Waals surface area contributed by atoms with Crippen LogP contribution < -0.4 is 11.0 Å². The van der Waals surface area contributed by atoms with Gasteiger partial charge in [-0.05, 0) is 38.1 Å². The van der Waals surface area contributed by atoms with E-state index in [2.05, 4.69) is 5.32 Å². The predicted octanol–water partition coefficient (Wildman–Crippen LogP) is 1.78. The molecule has 0 amide bonds. The maximum atomic E-state index is 12.7. The third kappa shape index (κ3) is 1.98. The molecule has 0 spiro atoms. The molecule has 0 aliphatic carbocycles. The largest absolute Gasteiger partial charge is 0.336 e. The molecule has 1 aromatic carbocycles. The van der Waals surface area contributed by atoms with Crippen LogP contribution in [0.5, 0.6) is 0 Å². The SMILES string of the molecule is CCC(=O)n1c(=O)n(C2CCNCC2)c2ccccc21. The predicted molar refractivity (Wildman–Crippen MR) is 78.3 cm³/mol. The highest BCUT2D eigenvalue weighted by Gasteiger charge is 2.23. The van der Waals surface area contributed by atoms with Gasteiger partial charge in [0.2, 0.25) is 5.91 Å². The molecule has 106 valence electrons. The maximum absolute atomic E-state index is 12.7. The zero-order valence-corrected chi connectivity index (χ0v) is 11.6. The van der Waals surface area contributed by atoms with E-state index in [0.29, 0.717) is 6.42 Å². The third-order valence-corrected chi connectivity index (χ3v) is 4.01. The van der Waals surface area contributed by atoms with Gasteiger partial charge in [0, 0.05) is 12.5 Å². The lowest BCUT2D eigenvalue weighted by molar-refractivity contribution is 0.0908. The van der Waals surface area contributed by atoms with Crippen LogP contribution in [0.3, 0.4) is 0 Å². The van der Waals surface area contributed by atoms with E-state index in [1.807, 2.05) is 28.8 Å². The Morgan fingerprint density at radius 2 is 1.90 bits per heavy atom. The van der Waals surface area contributed by atoms with Crippen molar-refractivity contribution in [1.29, 1.82) is 0 Å². The Balaban J connectivity index is 2.23. The van der Waals surface area contributed by atoms with Gasteiger partial charge in [0.25, 0.3) is 0 Å². The van der Waals surface area contributed by atoms with Crippen LogP contribution in [0.4, 0.5) is 0 Å². The van der Waals surface area contributed by atoms with Gasteiger partial charge in [0.05, 0.1) is 11.0 Å². The minimum Gasteiger partial charge on any atom is -0.317 e. The first-order chi connectivity index (χ1) is 9.74. The highest BCUT2D eigenvalue weighted by atomic mass is 16.2. The fraction of sp³-hybridized carbons (Fsp3) is 0.467. The standard InChI is InChI=1S/C15H19N3O2/c1-2-14(19)18-13-6-4-3-5-12(13)17(15(18)20)11-7-9-16-10-8-11/h3-6,11,16H,2,7-10H2,1H3. The second kappa shape index (κ2) is 5.25. The number of hydrogen-bond acceptors (Lipinski definition) is 3. The summed E-state index contributed by atoms with van der Waals surface area (Å²) >= 11 is 0. The fourth-order valence-electron chi connectivity index (χ4n) is 2.99. The smallest absolute Gasteiger partial charge is 0.317 e. The first-order valence-electron chi connectivity index (χ1n) is 7.20. The van der Waals surface area contributed by atoms with Crippen molar-refractivity contribution in [3.63, 3.8) is 0 Å². The van der Waals surface area contributed by atoms with Crippen LogP contribution in [0.2, 0.25) is 0 Å². The van der Waals surface area contributed by atoms with Crippen LogP contribution >= 0.6 is 0 Å². The zero-order chi connectivity index (χ0) is 14.1. The van der Waals surface area contributed by atoms with Gasteiger partial charge >= 0.3 is 5.69 Å². The molecule has 1 N–H and O–H groups in total. The summed E-state index contributed by atoms with van der Waals surface area (Å²) in [6.45, 7) is 3.61. The normalized spacial score (nSPS) is 16.6. The van der Waals surface area contributed by atoms with Gasteiger partial charge in [-0.1, -0.05) is 19.1 Å². The summed E-state index contributed by atoms with van der Waals surface area (Å²) in [5, 5.41) is 3.30. The monoisotopic (exact) mass is 273 g/mol. The number of imidazole rings is 1. The summed E-state index contributed by atoms with van der Waals surface area (Å²) in [5.41, 5.74) is 1.40. The minimum atomic E-state index is -0.190. The molecule has 5 nitrogen and oxygen atoms in total. The van der Waals surface area contributed by atoms with Crippen molar-refractivity contribution >= 4 is 16.9 Å². The molecule has 2 heterocycles. The number of aromatic nitrogens is 2. The number of hydrogen-bond donors (Lipinski definition) is 1. The van der Waals surface area contributed by atoms with Crippen LogP contribution in [0.1, 0.15) is 37.0 Å². The lowest BCUT2D eigenvalue weighted by Gasteiger charge is -2.23. The van der Waals surface area contributed by atoms with Crippen molar-refractivity contribution in [1.82, 2.24) is 14.5 Å². The van der Waals surface area contributed by atoms with E-state index in [1.165, 1.54) is 4.57 Å². The highest BCUT2D eigenvalue weighted by molar-refractivity contribution is 5.90. The van der Waals surface area contributed by atoms with Crippen molar-refractivity contribution in [2.75, 3.05) is 13.1 Å². The molecule has 2 aromatic rings. The van der Waals surface area contributed by atoms with Crippen LogP contribution in [0.25, 0.3) is 11.0 Å². The molecule has 0 radical (unpaired) electrons. The Labute approximate surface area is 117 Å². The number of fused-ring (bicyclic) bond motifs is 1. The zero-order valence-electron chi connectivity index (χ0n) is 11.6. The Bertz CT molecular complexity index is 693. The molecule has 1 fully saturated rings. The number of benzene rings is 1. The molecule has 0 saturated carbocycles. The molecule has 1 saturated heterocycles. The lowest BCUT2D eigenvalue weighted by Crippen LogP contribution is -2.36. The van der Waals surface area contributed by atoms with Gasteiger partial charge in [-0.3, -0.25) is 9.36 Å². The van der Waals surface area contributed by atoms with E-state index in [0.717, 1.165) is 37.0 Å². The third-order valence-electron chi connectivity index (χ3n) is 4.01. The number of nitrogens with one attached hydrogen (secondary N) is 1. The number of rotatable bonds is 2. The molecule has 1 aliphatic heterocycles. The van der Waals surface area contributed by atoms with Gasteiger partial charge in [0.1, 0.15) is 0 Å². The maximum Gasteiger partial charge on any atom is 0.336 e. The molecule has 3 rings (SSSR count). The van der Waals surface area contributed by atoms with Crippen molar-refractivity contribution in [3.8, 4) is 0 Å². The first kappa shape index (κ1) is 13.1. The molecule has 1 aromatic heterocycles. The average Bonchev–Trinajstić information content (AvgIpc) is 2.79. The Morgan fingerprint density at radius 3 is 2.55 bits per heavy atom. The van der Waals surface area contributed by atoms with E-state index in [4.69, 9.17) is 0 Å². The topological polar surface area (TPSA) is 56.0 Å². The number of nitrogens with zero attached hydrogens (tertiary/aromatic N) is 2. The Morgan fingerprint density at radius 1 is 1.25 bits per heavy atom. The van der Waals surface area contributed by atoms with E-state index < -0.39 is 0 Å². The summed E-state index contributed by atoms with van der Waals surface area (Å²) in [7, 11) is 0. The van der Waals surface area contributed by atoms with Gasteiger partial charge in [-0.25, -0.2) is 9.36 Å². The van der Waals surface area contributed by atoms with E-state index in [9.17, 15) is 9.59 Å². The van der Waals surface area contributed by atoms with Crippen LogP contribution in [-0.2, 0) is 0 Å². The molecule has 20 heavy (non-hydrogen) atoms. The summed E-state index contributed by atoms with van der Waals surface area (Å²) in [5.74, 6) is -0.140. The molecule has 0 bridgehead atoms. The summed E-state index contributed by atoms with van der Waals surface area (Å²) in [6, 6.07) is 7.74. The highest BCUT2D eigenvalue weighted by Crippen LogP contribution is 2.23. The second-order valence-corrected chi connectivity index (χ2v) is 5.21. The number of carbonyl (C=O) groups is 1. The van der Waals surface area contributed by atoms with Crippen LogP contribution in [-0.4, -0.2) is 28.1 Å². The fourth-order valence-corrected chi connectivity index (χ4v) is 2.99. The van der Waals surface area contributed by atoms with E-state index in [-0.39, 0.29) is 17.6 Å². The second-order valence-electron chi connectivity index (χ2n) is 5.21. The lowest BCUT2D eigenvalue weighted by atomic mass is 10.1. The van der Waals surface area contributed by atoms with Gasteiger partial charge in [-0.2, -0.15) is 0 Å². The van der Waals surface area contributed by atoms with Crippen molar-refractivity contribution in [3.05, 3.63) is 34.7 Å².